The lowest BCUT2D eigenvalue weighted by Gasteiger charge is -2.02. The largest absolute Gasteiger partial charge is 0.298 e. The summed E-state index contributed by atoms with van der Waals surface area (Å²) < 4.78 is 25.8. The van der Waals surface area contributed by atoms with E-state index < -0.39 is 17.5 Å². The first kappa shape index (κ1) is 12.2. The zero-order valence-corrected chi connectivity index (χ0v) is 10.6. The molecule has 98 valence electrons. The van der Waals surface area contributed by atoms with E-state index in [9.17, 15) is 13.6 Å². The van der Waals surface area contributed by atoms with Crippen molar-refractivity contribution in [3.05, 3.63) is 46.5 Å². The van der Waals surface area contributed by atoms with E-state index in [4.69, 9.17) is 0 Å². The SMILES string of the molecule is O=C(Nc1nc(C2CC2)cs1)c1ccc(F)c(F)c1. The summed E-state index contributed by atoms with van der Waals surface area (Å²) in [6, 6.07) is 3.05. The Balaban J connectivity index is 1.74. The van der Waals surface area contributed by atoms with Crippen molar-refractivity contribution < 1.29 is 13.6 Å². The maximum atomic E-state index is 13.0. The second-order valence-electron chi connectivity index (χ2n) is 4.43. The zero-order valence-electron chi connectivity index (χ0n) is 9.82. The van der Waals surface area contributed by atoms with Crippen LogP contribution in [0.2, 0.25) is 0 Å². The highest BCUT2D eigenvalue weighted by molar-refractivity contribution is 7.14. The molecule has 0 atom stereocenters. The van der Waals surface area contributed by atoms with E-state index in [1.54, 1.807) is 0 Å². The summed E-state index contributed by atoms with van der Waals surface area (Å²) >= 11 is 1.34. The van der Waals surface area contributed by atoms with Crippen molar-refractivity contribution >= 4 is 22.4 Å². The molecular formula is C13H10F2N2OS. The van der Waals surface area contributed by atoms with Gasteiger partial charge < -0.3 is 0 Å². The zero-order chi connectivity index (χ0) is 13.4. The molecule has 0 bridgehead atoms. The molecule has 6 heteroatoms. The Hall–Kier alpha value is -1.82. The van der Waals surface area contributed by atoms with Gasteiger partial charge in [-0.1, -0.05) is 0 Å². The van der Waals surface area contributed by atoms with Crippen molar-refractivity contribution in [1.29, 1.82) is 0 Å². The fourth-order valence-corrected chi connectivity index (χ4v) is 2.50. The van der Waals surface area contributed by atoms with Crippen LogP contribution in [-0.4, -0.2) is 10.9 Å². The van der Waals surface area contributed by atoms with Crippen LogP contribution in [0.3, 0.4) is 0 Å². The van der Waals surface area contributed by atoms with E-state index in [0.717, 1.165) is 30.7 Å². The quantitative estimate of drug-likeness (QED) is 0.934. The molecule has 1 amide bonds. The van der Waals surface area contributed by atoms with Crippen molar-refractivity contribution in [1.82, 2.24) is 4.98 Å². The summed E-state index contributed by atoms with van der Waals surface area (Å²) in [6.07, 6.45) is 2.28. The number of benzene rings is 1. The molecule has 1 aliphatic rings. The second-order valence-corrected chi connectivity index (χ2v) is 5.29. The minimum Gasteiger partial charge on any atom is -0.298 e. The lowest BCUT2D eigenvalue weighted by atomic mass is 10.2. The maximum absolute atomic E-state index is 13.0. The number of carbonyl (C=O) groups is 1. The number of hydrogen-bond acceptors (Lipinski definition) is 3. The van der Waals surface area contributed by atoms with Crippen LogP contribution in [0, 0.1) is 11.6 Å². The molecule has 1 heterocycles. The van der Waals surface area contributed by atoms with Gasteiger partial charge in [0.1, 0.15) is 0 Å². The first-order valence-electron chi connectivity index (χ1n) is 5.85. The van der Waals surface area contributed by atoms with Crippen molar-refractivity contribution in [3.63, 3.8) is 0 Å². The van der Waals surface area contributed by atoms with Crippen molar-refractivity contribution in [2.45, 2.75) is 18.8 Å². The number of anilines is 1. The highest BCUT2D eigenvalue weighted by Crippen LogP contribution is 2.40. The highest BCUT2D eigenvalue weighted by Gasteiger charge is 2.26. The van der Waals surface area contributed by atoms with Gasteiger partial charge in [-0.3, -0.25) is 10.1 Å². The van der Waals surface area contributed by atoms with Crippen LogP contribution >= 0.6 is 11.3 Å². The Morgan fingerprint density at radius 2 is 2.11 bits per heavy atom. The van der Waals surface area contributed by atoms with Gasteiger partial charge in [-0.2, -0.15) is 0 Å². The third-order valence-electron chi connectivity index (χ3n) is 2.92. The molecule has 1 aromatic heterocycles. The molecule has 2 aromatic rings. The van der Waals surface area contributed by atoms with E-state index in [-0.39, 0.29) is 5.56 Å². The molecule has 1 aromatic carbocycles. The summed E-state index contributed by atoms with van der Waals surface area (Å²) in [5.41, 5.74) is 1.06. The highest BCUT2D eigenvalue weighted by atomic mass is 32.1. The van der Waals surface area contributed by atoms with Gasteiger partial charge in [-0.05, 0) is 31.0 Å². The predicted molar refractivity (Wildman–Crippen MR) is 68.4 cm³/mol. The fourth-order valence-electron chi connectivity index (χ4n) is 1.72. The van der Waals surface area contributed by atoms with E-state index in [1.165, 1.54) is 17.4 Å². The standard InChI is InChI=1S/C13H10F2N2OS/c14-9-4-3-8(5-10(9)15)12(18)17-13-16-11(6-19-13)7-1-2-7/h3-7H,1-2H2,(H,16,17,18). The number of rotatable bonds is 3. The topological polar surface area (TPSA) is 42.0 Å². The fraction of sp³-hybridized carbons (Fsp3) is 0.231. The Bertz CT molecular complexity index is 637. The van der Waals surface area contributed by atoms with Gasteiger partial charge in [-0.15, -0.1) is 11.3 Å². The van der Waals surface area contributed by atoms with Gasteiger partial charge in [0.2, 0.25) is 0 Å². The van der Waals surface area contributed by atoms with Gasteiger partial charge in [0.15, 0.2) is 16.8 Å². The number of aromatic nitrogens is 1. The molecule has 19 heavy (non-hydrogen) atoms. The first-order valence-corrected chi connectivity index (χ1v) is 6.73. The maximum Gasteiger partial charge on any atom is 0.257 e. The third-order valence-corrected chi connectivity index (χ3v) is 3.70. The minimum atomic E-state index is -1.04. The van der Waals surface area contributed by atoms with E-state index in [1.807, 2.05) is 5.38 Å². The number of nitrogens with zero attached hydrogens (tertiary/aromatic N) is 1. The number of thiazole rings is 1. The third kappa shape index (κ3) is 2.63. The number of hydrogen-bond donors (Lipinski definition) is 1. The van der Waals surface area contributed by atoms with Gasteiger partial charge in [-0.25, -0.2) is 13.8 Å². The molecule has 3 rings (SSSR count). The van der Waals surface area contributed by atoms with Gasteiger partial charge in [0.25, 0.3) is 5.91 Å². The molecule has 1 fully saturated rings. The van der Waals surface area contributed by atoms with E-state index in [0.29, 0.717) is 11.0 Å². The van der Waals surface area contributed by atoms with E-state index in [2.05, 4.69) is 10.3 Å². The predicted octanol–water partition coefficient (Wildman–Crippen LogP) is 3.55. The van der Waals surface area contributed by atoms with Crippen LogP contribution < -0.4 is 5.32 Å². The molecule has 1 N–H and O–H groups in total. The summed E-state index contributed by atoms with van der Waals surface area (Å²) in [4.78, 5) is 16.1. The molecule has 0 saturated heterocycles. The van der Waals surface area contributed by atoms with Crippen LogP contribution in [0.15, 0.2) is 23.6 Å². The van der Waals surface area contributed by atoms with Gasteiger partial charge in [0.05, 0.1) is 5.69 Å². The first-order chi connectivity index (χ1) is 9.13. The molecule has 1 aliphatic carbocycles. The summed E-state index contributed by atoms with van der Waals surface area (Å²) in [6.45, 7) is 0. The Labute approximate surface area is 112 Å². The number of nitrogens with one attached hydrogen (secondary N) is 1. The number of halogens is 2. The average molecular weight is 280 g/mol. The summed E-state index contributed by atoms with van der Waals surface area (Å²) in [5.74, 6) is -1.98. The van der Waals surface area contributed by atoms with Crippen LogP contribution in [0.1, 0.15) is 34.8 Å². The van der Waals surface area contributed by atoms with Gasteiger partial charge in [0, 0.05) is 16.9 Å². The van der Waals surface area contributed by atoms with Crippen LogP contribution in [0.4, 0.5) is 13.9 Å². The van der Waals surface area contributed by atoms with Crippen LogP contribution in [0.5, 0.6) is 0 Å². The van der Waals surface area contributed by atoms with Crippen molar-refractivity contribution in [2.75, 3.05) is 5.32 Å². The number of amides is 1. The normalized spacial score (nSPS) is 14.4. The summed E-state index contributed by atoms with van der Waals surface area (Å²) in [5, 5.41) is 4.99. The van der Waals surface area contributed by atoms with Crippen molar-refractivity contribution in [3.8, 4) is 0 Å². The minimum absolute atomic E-state index is 0.0714. The van der Waals surface area contributed by atoms with Crippen LogP contribution in [-0.2, 0) is 0 Å². The lowest BCUT2D eigenvalue weighted by molar-refractivity contribution is 0.102. The molecule has 0 aliphatic heterocycles. The second kappa shape index (κ2) is 4.70. The molecular weight excluding hydrogens is 270 g/mol. The Morgan fingerprint density at radius 1 is 1.32 bits per heavy atom. The molecule has 1 saturated carbocycles. The molecule has 0 radical (unpaired) electrons. The number of carbonyl (C=O) groups excluding carboxylic acids is 1. The lowest BCUT2D eigenvalue weighted by Crippen LogP contribution is -2.12. The molecule has 0 spiro atoms. The monoisotopic (exact) mass is 280 g/mol. The molecule has 3 nitrogen and oxygen atoms in total. The Morgan fingerprint density at radius 3 is 2.79 bits per heavy atom. The smallest absolute Gasteiger partial charge is 0.257 e. The Kier molecular flexibility index (Phi) is 3.02. The van der Waals surface area contributed by atoms with Crippen LogP contribution in [0.25, 0.3) is 0 Å². The van der Waals surface area contributed by atoms with E-state index >= 15 is 0 Å². The van der Waals surface area contributed by atoms with Gasteiger partial charge >= 0.3 is 0 Å². The summed E-state index contributed by atoms with van der Waals surface area (Å²) in [7, 11) is 0. The average Bonchev–Trinajstić information content (AvgIpc) is 3.14. The molecule has 0 unspecified atom stereocenters. The van der Waals surface area contributed by atoms with Crippen molar-refractivity contribution in [2.24, 2.45) is 0 Å².